The summed E-state index contributed by atoms with van der Waals surface area (Å²) in [6.07, 6.45) is 1.35. The van der Waals surface area contributed by atoms with Gasteiger partial charge in [0.15, 0.2) is 0 Å². The molecule has 0 radical (unpaired) electrons. The minimum atomic E-state index is -0.745. The molecule has 0 bridgehead atoms. The van der Waals surface area contributed by atoms with E-state index in [0.29, 0.717) is 25.4 Å². The van der Waals surface area contributed by atoms with Crippen molar-refractivity contribution in [1.29, 1.82) is 0 Å². The maximum Gasteiger partial charge on any atom is 0.256 e. The van der Waals surface area contributed by atoms with Crippen molar-refractivity contribution in [1.82, 2.24) is 5.32 Å². The van der Waals surface area contributed by atoms with E-state index >= 15 is 0 Å². The molecule has 0 unspecified atom stereocenters. The Labute approximate surface area is 173 Å². The van der Waals surface area contributed by atoms with Crippen LogP contribution in [-0.4, -0.2) is 31.7 Å². The Morgan fingerprint density at radius 2 is 1.83 bits per heavy atom. The Morgan fingerprint density at radius 1 is 1.14 bits per heavy atom. The van der Waals surface area contributed by atoms with Crippen LogP contribution in [0.25, 0.3) is 0 Å². The zero-order valence-corrected chi connectivity index (χ0v) is 17.9. The van der Waals surface area contributed by atoms with E-state index in [2.05, 4.69) is 49.6 Å². The molecule has 1 heterocycles. The molecule has 2 aromatic rings. The molecule has 1 fully saturated rings. The molecule has 1 aliphatic rings. The van der Waals surface area contributed by atoms with E-state index in [-0.39, 0.29) is 5.91 Å². The molecule has 1 amide bonds. The van der Waals surface area contributed by atoms with Gasteiger partial charge in [0, 0.05) is 12.8 Å². The lowest BCUT2D eigenvalue weighted by molar-refractivity contribution is -0.140. The summed E-state index contributed by atoms with van der Waals surface area (Å²) >= 11 is 0. The van der Waals surface area contributed by atoms with Crippen molar-refractivity contribution in [2.24, 2.45) is 0 Å². The standard InChI is InChI=1S/C24H32N2O3/c1-17(2)21-10-5-18(3)15-22(21)29-16-19-6-8-20(9-7-19)26-23(27)24(28-4)11-13-25-14-12-24/h5-10,15,17,25H,11-14,16H2,1-4H3,(H,26,27). The summed E-state index contributed by atoms with van der Waals surface area (Å²) in [5.74, 6) is 1.27. The molecule has 5 heteroatoms. The Bertz CT molecular complexity index is 825. The summed E-state index contributed by atoms with van der Waals surface area (Å²) < 4.78 is 11.7. The van der Waals surface area contributed by atoms with Gasteiger partial charge < -0.3 is 20.1 Å². The lowest BCUT2D eigenvalue weighted by Crippen LogP contribution is -2.51. The van der Waals surface area contributed by atoms with E-state index in [1.165, 1.54) is 11.1 Å². The summed E-state index contributed by atoms with van der Waals surface area (Å²) in [5, 5.41) is 6.27. The summed E-state index contributed by atoms with van der Waals surface area (Å²) in [6, 6.07) is 14.2. The van der Waals surface area contributed by atoms with E-state index in [0.717, 1.165) is 30.1 Å². The Kier molecular flexibility index (Phi) is 6.93. The van der Waals surface area contributed by atoms with Gasteiger partial charge in [-0.1, -0.05) is 38.1 Å². The highest BCUT2D eigenvalue weighted by molar-refractivity contribution is 5.97. The number of anilines is 1. The summed E-state index contributed by atoms with van der Waals surface area (Å²) in [7, 11) is 1.61. The molecule has 0 aromatic heterocycles. The Hall–Kier alpha value is -2.37. The van der Waals surface area contributed by atoms with Crippen molar-refractivity contribution < 1.29 is 14.3 Å². The fourth-order valence-electron chi connectivity index (χ4n) is 3.69. The van der Waals surface area contributed by atoms with Crippen LogP contribution >= 0.6 is 0 Å². The lowest BCUT2D eigenvalue weighted by atomic mass is 9.91. The molecule has 29 heavy (non-hydrogen) atoms. The van der Waals surface area contributed by atoms with E-state index in [1.54, 1.807) is 7.11 Å². The van der Waals surface area contributed by atoms with Crippen LogP contribution in [0.4, 0.5) is 5.69 Å². The Morgan fingerprint density at radius 3 is 2.45 bits per heavy atom. The van der Waals surface area contributed by atoms with E-state index in [9.17, 15) is 4.79 Å². The van der Waals surface area contributed by atoms with Gasteiger partial charge in [0.1, 0.15) is 18.0 Å². The van der Waals surface area contributed by atoms with Gasteiger partial charge in [0.05, 0.1) is 0 Å². The zero-order valence-electron chi connectivity index (χ0n) is 17.9. The molecule has 1 saturated heterocycles. The summed E-state index contributed by atoms with van der Waals surface area (Å²) in [6.45, 7) is 8.48. The summed E-state index contributed by atoms with van der Waals surface area (Å²) in [4.78, 5) is 12.8. The maximum atomic E-state index is 12.8. The van der Waals surface area contributed by atoms with Gasteiger partial charge in [-0.15, -0.1) is 0 Å². The number of nitrogens with one attached hydrogen (secondary N) is 2. The molecule has 156 valence electrons. The molecule has 0 saturated carbocycles. The topological polar surface area (TPSA) is 59.6 Å². The minimum Gasteiger partial charge on any atom is -0.489 e. The van der Waals surface area contributed by atoms with Crippen LogP contribution in [0.15, 0.2) is 42.5 Å². The highest BCUT2D eigenvalue weighted by atomic mass is 16.5. The van der Waals surface area contributed by atoms with E-state index in [1.807, 2.05) is 24.3 Å². The van der Waals surface area contributed by atoms with Crippen molar-refractivity contribution in [2.75, 3.05) is 25.5 Å². The van der Waals surface area contributed by atoms with Crippen LogP contribution in [0.5, 0.6) is 5.75 Å². The van der Waals surface area contributed by atoms with Gasteiger partial charge in [0.25, 0.3) is 5.91 Å². The van der Waals surface area contributed by atoms with E-state index in [4.69, 9.17) is 9.47 Å². The number of benzene rings is 2. The average molecular weight is 397 g/mol. The van der Waals surface area contributed by atoms with Crippen LogP contribution in [0.2, 0.25) is 0 Å². The minimum absolute atomic E-state index is 0.0770. The smallest absolute Gasteiger partial charge is 0.256 e. The Balaban J connectivity index is 1.62. The summed E-state index contributed by atoms with van der Waals surface area (Å²) in [5.41, 5.74) is 3.49. The molecule has 0 aliphatic carbocycles. The number of amides is 1. The van der Waals surface area contributed by atoms with Gasteiger partial charge in [-0.2, -0.15) is 0 Å². The quantitative estimate of drug-likeness (QED) is 0.728. The van der Waals surface area contributed by atoms with Crippen molar-refractivity contribution in [3.8, 4) is 5.75 Å². The van der Waals surface area contributed by atoms with Gasteiger partial charge in [-0.25, -0.2) is 0 Å². The molecule has 0 atom stereocenters. The number of hydrogen-bond acceptors (Lipinski definition) is 4. The third kappa shape index (κ3) is 5.17. The third-order valence-corrected chi connectivity index (χ3v) is 5.61. The number of ether oxygens (including phenoxy) is 2. The molecular weight excluding hydrogens is 364 g/mol. The molecule has 2 N–H and O–H groups in total. The zero-order chi connectivity index (χ0) is 20.9. The first-order valence-electron chi connectivity index (χ1n) is 10.3. The van der Waals surface area contributed by atoms with Crippen LogP contribution in [0.1, 0.15) is 49.3 Å². The van der Waals surface area contributed by atoms with Crippen molar-refractivity contribution in [3.63, 3.8) is 0 Å². The van der Waals surface area contributed by atoms with Gasteiger partial charge in [-0.05, 0) is 73.7 Å². The largest absolute Gasteiger partial charge is 0.489 e. The van der Waals surface area contributed by atoms with Crippen molar-refractivity contribution >= 4 is 11.6 Å². The molecule has 3 rings (SSSR count). The third-order valence-electron chi connectivity index (χ3n) is 5.61. The molecular formula is C24H32N2O3. The fraction of sp³-hybridized carbons (Fsp3) is 0.458. The van der Waals surface area contributed by atoms with Crippen molar-refractivity contribution in [3.05, 3.63) is 59.2 Å². The second kappa shape index (κ2) is 9.42. The second-order valence-electron chi connectivity index (χ2n) is 8.08. The van der Waals surface area contributed by atoms with Crippen LogP contribution in [-0.2, 0) is 16.1 Å². The number of piperidine rings is 1. The van der Waals surface area contributed by atoms with Gasteiger partial charge >= 0.3 is 0 Å². The lowest BCUT2D eigenvalue weighted by Gasteiger charge is -2.34. The van der Waals surface area contributed by atoms with Crippen LogP contribution in [0.3, 0.4) is 0 Å². The first-order valence-corrected chi connectivity index (χ1v) is 10.3. The number of methoxy groups -OCH3 is 1. The maximum absolute atomic E-state index is 12.8. The highest BCUT2D eigenvalue weighted by Gasteiger charge is 2.39. The van der Waals surface area contributed by atoms with Crippen LogP contribution in [0, 0.1) is 6.92 Å². The molecule has 0 spiro atoms. The number of hydrogen-bond donors (Lipinski definition) is 2. The highest BCUT2D eigenvalue weighted by Crippen LogP contribution is 2.28. The first-order chi connectivity index (χ1) is 13.9. The van der Waals surface area contributed by atoms with Crippen molar-refractivity contribution in [2.45, 2.75) is 51.7 Å². The average Bonchev–Trinajstić information content (AvgIpc) is 2.73. The monoisotopic (exact) mass is 396 g/mol. The molecule has 2 aromatic carbocycles. The number of aryl methyl sites for hydroxylation is 1. The fourth-order valence-corrected chi connectivity index (χ4v) is 3.69. The van der Waals surface area contributed by atoms with Crippen LogP contribution < -0.4 is 15.4 Å². The second-order valence-corrected chi connectivity index (χ2v) is 8.08. The molecule has 5 nitrogen and oxygen atoms in total. The predicted molar refractivity (Wildman–Crippen MR) is 117 cm³/mol. The first kappa shape index (κ1) is 21.3. The predicted octanol–water partition coefficient (Wildman–Crippen LogP) is 4.40. The normalized spacial score (nSPS) is 15.9. The van der Waals surface area contributed by atoms with Gasteiger partial charge in [-0.3, -0.25) is 4.79 Å². The number of carbonyl (C=O) groups is 1. The number of rotatable bonds is 7. The SMILES string of the molecule is COC1(C(=O)Nc2ccc(COc3cc(C)ccc3C(C)C)cc2)CCNCC1. The van der Waals surface area contributed by atoms with E-state index < -0.39 is 5.60 Å². The van der Waals surface area contributed by atoms with Gasteiger partial charge in [0.2, 0.25) is 0 Å². The molecule has 1 aliphatic heterocycles. The number of carbonyl (C=O) groups excluding carboxylic acids is 1.